The molecule has 3 aliphatic rings. The van der Waals surface area contributed by atoms with Crippen LogP contribution in [0.2, 0.25) is 0 Å². The third-order valence-electron chi connectivity index (χ3n) is 11.0. The van der Waals surface area contributed by atoms with Crippen LogP contribution in [0.15, 0.2) is 64.1 Å². The predicted octanol–water partition coefficient (Wildman–Crippen LogP) is 5.06. The van der Waals surface area contributed by atoms with Gasteiger partial charge in [0, 0.05) is 49.2 Å². The number of aliphatic hydroxyl groups is 1. The summed E-state index contributed by atoms with van der Waals surface area (Å²) in [7, 11) is 1.53. The van der Waals surface area contributed by atoms with E-state index in [1.54, 1.807) is 61.8 Å². The fourth-order valence-corrected chi connectivity index (χ4v) is 8.76. The zero-order valence-corrected chi connectivity index (χ0v) is 28.4. The molecule has 0 unspecified atom stereocenters. The Balaban J connectivity index is 1.49. The quantitative estimate of drug-likeness (QED) is 0.262. The molecule has 0 amide bonds. The smallest absolute Gasteiger partial charge is 0.345 e. The van der Waals surface area contributed by atoms with Gasteiger partial charge in [-0.05, 0) is 73.9 Å². The summed E-state index contributed by atoms with van der Waals surface area (Å²) in [6, 6.07) is 11.5. The highest BCUT2D eigenvalue weighted by molar-refractivity contribution is 5.89. The van der Waals surface area contributed by atoms with Crippen LogP contribution in [-0.2, 0) is 23.8 Å². The molecule has 0 bridgehead atoms. The Kier molecular flexibility index (Phi) is 8.81. The van der Waals surface area contributed by atoms with Crippen molar-refractivity contribution >= 4 is 17.9 Å². The van der Waals surface area contributed by atoms with E-state index >= 15 is 0 Å². The summed E-state index contributed by atoms with van der Waals surface area (Å²) in [5.74, 6) is -2.00. The minimum Gasteiger partial charge on any atom is -0.497 e. The van der Waals surface area contributed by atoms with Crippen molar-refractivity contribution in [2.45, 2.75) is 77.8 Å². The molecule has 1 aromatic carbocycles. The largest absolute Gasteiger partial charge is 0.497 e. The Labute approximate surface area is 283 Å². The fourth-order valence-electron chi connectivity index (χ4n) is 8.76. The van der Waals surface area contributed by atoms with Gasteiger partial charge >= 0.3 is 23.5 Å². The SMILES string of the molecule is COc1ccc(C(=O)O[C@H]2C[C@H]3[C@](C)(COC(C)=O)[C@@H](OC(C)=O)CC[C@]3(C)[C@H]3[C@@H](O)c4c(cc(-c5cccnc5)oc4=O)O[C@]23C)cc1. The Hall–Kier alpha value is -4.71. The van der Waals surface area contributed by atoms with E-state index in [-0.39, 0.29) is 35.7 Å². The van der Waals surface area contributed by atoms with Crippen LogP contribution in [0.1, 0.15) is 75.9 Å². The number of ether oxygens (including phenoxy) is 5. The van der Waals surface area contributed by atoms with Gasteiger partial charge in [-0.1, -0.05) is 13.8 Å². The first-order valence-corrected chi connectivity index (χ1v) is 16.3. The van der Waals surface area contributed by atoms with Crippen molar-refractivity contribution in [1.29, 1.82) is 0 Å². The average molecular weight is 676 g/mol. The monoisotopic (exact) mass is 675 g/mol. The molecule has 2 aliphatic carbocycles. The first-order chi connectivity index (χ1) is 23.2. The summed E-state index contributed by atoms with van der Waals surface area (Å²) >= 11 is 0. The van der Waals surface area contributed by atoms with Crippen LogP contribution >= 0.6 is 0 Å². The minimum atomic E-state index is -1.40. The first-order valence-electron chi connectivity index (χ1n) is 16.3. The van der Waals surface area contributed by atoms with Crippen molar-refractivity contribution in [3.8, 4) is 22.8 Å². The number of esters is 3. The number of fused-ring (bicyclic) bond motifs is 4. The number of carbonyl (C=O) groups excluding carboxylic acids is 3. The molecule has 3 heterocycles. The number of aromatic nitrogens is 1. The first kappa shape index (κ1) is 34.2. The third-order valence-corrected chi connectivity index (χ3v) is 11.0. The van der Waals surface area contributed by atoms with Crippen LogP contribution in [0.5, 0.6) is 11.5 Å². The topological polar surface area (TPSA) is 161 Å². The van der Waals surface area contributed by atoms with Gasteiger partial charge in [0.1, 0.15) is 47.2 Å². The molecule has 0 spiro atoms. The van der Waals surface area contributed by atoms with Gasteiger partial charge in [0.05, 0.1) is 18.8 Å². The number of benzene rings is 1. The lowest BCUT2D eigenvalue weighted by atomic mass is 9.42. The van der Waals surface area contributed by atoms with Gasteiger partial charge in [-0.15, -0.1) is 0 Å². The Morgan fingerprint density at radius 3 is 2.39 bits per heavy atom. The molecule has 2 fully saturated rings. The van der Waals surface area contributed by atoms with Gasteiger partial charge in [0.25, 0.3) is 0 Å². The van der Waals surface area contributed by atoms with Crippen LogP contribution in [0.25, 0.3) is 11.3 Å². The van der Waals surface area contributed by atoms with Crippen LogP contribution in [0, 0.1) is 22.7 Å². The summed E-state index contributed by atoms with van der Waals surface area (Å²) < 4.78 is 35.5. The Morgan fingerprint density at radius 2 is 1.76 bits per heavy atom. The van der Waals surface area contributed by atoms with E-state index < -0.39 is 70.1 Å². The zero-order chi connectivity index (χ0) is 35.3. The second-order valence-corrected chi connectivity index (χ2v) is 14.0. The number of nitrogens with zero attached hydrogens (tertiary/aromatic N) is 1. The van der Waals surface area contributed by atoms with Crippen molar-refractivity contribution in [2.24, 2.45) is 22.7 Å². The van der Waals surface area contributed by atoms with Crippen molar-refractivity contribution in [3.63, 3.8) is 0 Å². The molecule has 3 aromatic rings. The van der Waals surface area contributed by atoms with Crippen molar-refractivity contribution in [2.75, 3.05) is 13.7 Å². The summed E-state index contributed by atoms with van der Waals surface area (Å²) in [5, 5.41) is 12.3. The van der Waals surface area contributed by atoms with E-state index in [1.165, 1.54) is 21.0 Å². The predicted molar refractivity (Wildman–Crippen MR) is 174 cm³/mol. The maximum absolute atomic E-state index is 13.8. The summed E-state index contributed by atoms with van der Waals surface area (Å²) in [6.07, 6.45) is 1.18. The number of hydrogen-bond acceptors (Lipinski definition) is 12. The van der Waals surface area contributed by atoms with Gasteiger partial charge in [-0.2, -0.15) is 0 Å². The van der Waals surface area contributed by atoms with E-state index in [1.807, 2.05) is 13.8 Å². The molecule has 12 heteroatoms. The highest BCUT2D eigenvalue weighted by atomic mass is 16.6. The molecule has 12 nitrogen and oxygen atoms in total. The summed E-state index contributed by atoms with van der Waals surface area (Å²) in [6.45, 7) is 8.21. The maximum atomic E-state index is 13.8. The van der Waals surface area contributed by atoms with E-state index in [0.29, 0.717) is 24.2 Å². The van der Waals surface area contributed by atoms with Crippen LogP contribution in [0.3, 0.4) is 0 Å². The lowest BCUT2D eigenvalue weighted by Crippen LogP contribution is -2.71. The summed E-state index contributed by atoms with van der Waals surface area (Å²) in [5.41, 5.74) is -3.11. The van der Waals surface area contributed by atoms with Crippen LogP contribution in [-0.4, -0.2) is 59.5 Å². The van der Waals surface area contributed by atoms with Crippen molar-refractivity contribution in [3.05, 3.63) is 76.4 Å². The number of methoxy groups -OCH3 is 1. The Morgan fingerprint density at radius 1 is 1.02 bits per heavy atom. The van der Waals surface area contributed by atoms with Crippen molar-refractivity contribution in [1.82, 2.24) is 4.98 Å². The average Bonchev–Trinajstić information content (AvgIpc) is 3.06. The number of hydrogen-bond donors (Lipinski definition) is 1. The molecule has 0 radical (unpaired) electrons. The number of pyridine rings is 1. The van der Waals surface area contributed by atoms with E-state index in [2.05, 4.69) is 4.98 Å². The molecule has 6 rings (SSSR count). The lowest BCUT2D eigenvalue weighted by molar-refractivity contribution is -0.266. The number of rotatable bonds is 7. The van der Waals surface area contributed by atoms with E-state index in [0.717, 1.165) is 0 Å². The van der Waals surface area contributed by atoms with Crippen molar-refractivity contribution < 1.29 is 47.6 Å². The van der Waals surface area contributed by atoms with Gasteiger partial charge in [0.15, 0.2) is 0 Å². The fraction of sp³-hybridized carbons (Fsp3) is 0.486. The molecule has 49 heavy (non-hydrogen) atoms. The second-order valence-electron chi connectivity index (χ2n) is 14.0. The van der Waals surface area contributed by atoms with Crippen LogP contribution in [0.4, 0.5) is 0 Å². The molecule has 8 atom stereocenters. The van der Waals surface area contributed by atoms with Gasteiger partial charge in [0.2, 0.25) is 0 Å². The molecule has 260 valence electrons. The van der Waals surface area contributed by atoms with Gasteiger partial charge < -0.3 is 33.2 Å². The molecule has 1 N–H and O–H groups in total. The maximum Gasteiger partial charge on any atom is 0.345 e. The summed E-state index contributed by atoms with van der Waals surface area (Å²) in [4.78, 5) is 56.0. The number of aliphatic hydroxyl groups excluding tert-OH is 1. The molecule has 1 aliphatic heterocycles. The zero-order valence-electron chi connectivity index (χ0n) is 28.4. The molecular formula is C37H41NO11. The lowest BCUT2D eigenvalue weighted by Gasteiger charge is -2.66. The highest BCUT2D eigenvalue weighted by Crippen LogP contribution is 2.67. The van der Waals surface area contributed by atoms with Crippen LogP contribution < -0.4 is 15.1 Å². The highest BCUT2D eigenvalue weighted by Gasteiger charge is 2.71. The van der Waals surface area contributed by atoms with Gasteiger partial charge in [-0.25, -0.2) is 9.59 Å². The van der Waals surface area contributed by atoms with E-state index in [4.69, 9.17) is 28.1 Å². The van der Waals surface area contributed by atoms with Gasteiger partial charge in [-0.3, -0.25) is 14.6 Å². The molecule has 2 saturated carbocycles. The Bertz CT molecular complexity index is 1810. The third kappa shape index (κ3) is 5.85. The normalized spacial score (nSPS) is 31.5. The molecular weight excluding hydrogens is 634 g/mol. The van der Waals surface area contributed by atoms with E-state index in [9.17, 15) is 24.3 Å². The second kappa shape index (κ2) is 12.6. The standard InChI is InChI=1S/C37H41NO11/c1-20(39)45-19-36(4)27-17-29(48-33(42)22-9-11-24(44-6)12-10-22)37(5)32(35(27,3)14-13-28(36)46-21(2)40)31(41)30-26(49-37)16-25(47-34(30)43)23-8-7-15-38-18-23/h7-12,15-16,18,27-29,31-32,41H,13-14,17,19H2,1-6H3/t27-,28+,29+,31+,32-,35+,36+,37-/m1/s1. The number of carbonyl (C=O) groups is 3. The minimum absolute atomic E-state index is 0.0407. The molecule has 0 saturated heterocycles. The molecule has 2 aromatic heterocycles.